The quantitative estimate of drug-likeness (QED) is 0.622. The molecule has 0 spiro atoms. The third-order valence-corrected chi connectivity index (χ3v) is 5.45. The van der Waals surface area contributed by atoms with Crippen LogP contribution in [0.15, 0.2) is 55.2 Å². The van der Waals surface area contributed by atoms with Gasteiger partial charge >= 0.3 is 0 Å². The van der Waals surface area contributed by atoms with Crippen LogP contribution in [0.1, 0.15) is 16.7 Å². The molecule has 128 valence electrons. The van der Waals surface area contributed by atoms with Crippen molar-refractivity contribution in [1.29, 1.82) is 0 Å². The van der Waals surface area contributed by atoms with Crippen LogP contribution in [0.4, 0.5) is 0 Å². The van der Waals surface area contributed by atoms with Crippen LogP contribution < -0.4 is 10.5 Å². The van der Waals surface area contributed by atoms with Gasteiger partial charge in [0.15, 0.2) is 5.17 Å². The summed E-state index contributed by atoms with van der Waals surface area (Å²) in [5, 5.41) is 0.271. The molecule has 2 aromatic carbocycles. The van der Waals surface area contributed by atoms with Gasteiger partial charge in [-0.05, 0) is 79.9 Å². The topological polar surface area (TPSA) is 64.7 Å². The fraction of sp³-hybridized carbons (Fsp3) is 0.111. The highest BCUT2D eigenvalue weighted by Gasteiger charge is 2.20. The minimum atomic E-state index is -0.311. The Morgan fingerprint density at radius 1 is 1.20 bits per heavy atom. The number of thioether (sulfide) groups is 1. The molecule has 2 N–H and O–H groups in total. The molecule has 1 amide bonds. The maximum Gasteiger partial charge on any atom is 0.286 e. The Hall–Kier alpha value is -1.57. The second kappa shape index (κ2) is 7.76. The zero-order valence-corrected chi connectivity index (χ0v) is 17.2. The number of amidine groups is 1. The van der Waals surface area contributed by atoms with Gasteiger partial charge in [0.1, 0.15) is 12.4 Å². The second-order valence-electron chi connectivity index (χ2n) is 5.45. The molecule has 0 atom stereocenters. The van der Waals surface area contributed by atoms with Gasteiger partial charge in [0.05, 0.1) is 13.9 Å². The Morgan fingerprint density at radius 2 is 1.84 bits per heavy atom. The summed E-state index contributed by atoms with van der Waals surface area (Å²) in [6.07, 6.45) is 1.76. The monoisotopic (exact) mass is 480 g/mol. The first kappa shape index (κ1) is 18.2. The van der Waals surface area contributed by atoms with E-state index in [0.717, 1.165) is 20.1 Å². The molecule has 0 unspecified atom stereocenters. The molecule has 0 saturated carbocycles. The van der Waals surface area contributed by atoms with E-state index in [4.69, 9.17) is 10.5 Å². The summed E-state index contributed by atoms with van der Waals surface area (Å²) in [6, 6.07) is 12.0. The molecule has 1 aliphatic rings. The van der Waals surface area contributed by atoms with Crippen LogP contribution in [0, 0.1) is 6.92 Å². The standard InChI is InChI=1S/C18H14Br2N2O2S/c1-10-2-4-11(5-3-10)9-24-16-13(19)6-12(7-14(16)20)8-15-17(23)22-18(21)25-15/h2-8H,9H2,1H3,(H2,21,22,23)/b15-8-. The first-order valence-electron chi connectivity index (χ1n) is 7.38. The van der Waals surface area contributed by atoms with Crippen LogP contribution >= 0.6 is 43.6 Å². The number of nitrogens with two attached hydrogens (primary N) is 1. The summed E-state index contributed by atoms with van der Waals surface area (Å²) in [5.41, 5.74) is 8.73. The van der Waals surface area contributed by atoms with Crippen LogP contribution in [0.5, 0.6) is 5.75 Å². The number of ether oxygens (including phenoxy) is 1. The molecular weight excluding hydrogens is 468 g/mol. The van der Waals surface area contributed by atoms with E-state index in [1.165, 1.54) is 17.3 Å². The average Bonchev–Trinajstić information content (AvgIpc) is 2.86. The van der Waals surface area contributed by atoms with Crippen molar-refractivity contribution in [3.05, 3.63) is 66.9 Å². The molecule has 0 bridgehead atoms. The minimum Gasteiger partial charge on any atom is -0.487 e. The minimum absolute atomic E-state index is 0.271. The Bertz CT molecular complexity index is 869. The van der Waals surface area contributed by atoms with Crippen molar-refractivity contribution in [3.8, 4) is 5.75 Å². The number of halogens is 2. The highest BCUT2D eigenvalue weighted by atomic mass is 79.9. The third-order valence-electron chi connectivity index (χ3n) is 3.46. The van der Waals surface area contributed by atoms with Crippen molar-refractivity contribution in [3.63, 3.8) is 0 Å². The third kappa shape index (κ3) is 4.54. The normalized spacial score (nSPS) is 15.6. The average molecular weight is 482 g/mol. The largest absolute Gasteiger partial charge is 0.487 e. The van der Waals surface area contributed by atoms with Gasteiger partial charge in [0, 0.05) is 0 Å². The SMILES string of the molecule is Cc1ccc(COc2c(Br)cc(/C=C3\SC(N)=NC3=O)cc2Br)cc1. The lowest BCUT2D eigenvalue weighted by Crippen LogP contribution is -2.01. The summed E-state index contributed by atoms with van der Waals surface area (Å²) < 4.78 is 7.52. The molecule has 0 radical (unpaired) electrons. The number of hydrogen-bond donors (Lipinski definition) is 1. The number of aryl methyl sites for hydroxylation is 1. The highest BCUT2D eigenvalue weighted by molar-refractivity contribution is 9.11. The van der Waals surface area contributed by atoms with Gasteiger partial charge in [0.25, 0.3) is 5.91 Å². The number of rotatable bonds is 4. The smallest absolute Gasteiger partial charge is 0.286 e. The van der Waals surface area contributed by atoms with E-state index < -0.39 is 0 Å². The van der Waals surface area contributed by atoms with Gasteiger partial charge in [-0.2, -0.15) is 4.99 Å². The lowest BCUT2D eigenvalue weighted by molar-refractivity contribution is -0.113. The fourth-order valence-electron chi connectivity index (χ4n) is 2.22. The van der Waals surface area contributed by atoms with E-state index in [2.05, 4.69) is 55.9 Å². The summed E-state index contributed by atoms with van der Waals surface area (Å²) >= 11 is 8.23. The van der Waals surface area contributed by atoms with E-state index in [1.807, 2.05) is 24.3 Å². The Balaban J connectivity index is 1.77. The van der Waals surface area contributed by atoms with Crippen LogP contribution in [-0.4, -0.2) is 11.1 Å². The van der Waals surface area contributed by atoms with E-state index in [1.54, 1.807) is 6.08 Å². The number of benzene rings is 2. The lowest BCUT2D eigenvalue weighted by Gasteiger charge is -2.12. The van der Waals surface area contributed by atoms with Gasteiger partial charge in [0.2, 0.25) is 0 Å². The molecule has 0 aliphatic carbocycles. The summed E-state index contributed by atoms with van der Waals surface area (Å²) in [4.78, 5) is 15.9. The van der Waals surface area contributed by atoms with Crippen molar-refractivity contribution in [2.45, 2.75) is 13.5 Å². The summed E-state index contributed by atoms with van der Waals surface area (Å²) in [7, 11) is 0. The van der Waals surface area contributed by atoms with E-state index in [-0.39, 0.29) is 11.1 Å². The summed E-state index contributed by atoms with van der Waals surface area (Å²) in [6.45, 7) is 2.52. The number of nitrogens with zero attached hydrogens (tertiary/aromatic N) is 1. The van der Waals surface area contributed by atoms with E-state index in [9.17, 15) is 4.79 Å². The molecule has 2 aromatic rings. The van der Waals surface area contributed by atoms with Crippen molar-refractivity contribution < 1.29 is 9.53 Å². The maximum atomic E-state index is 11.7. The van der Waals surface area contributed by atoms with Crippen molar-refractivity contribution in [2.75, 3.05) is 0 Å². The van der Waals surface area contributed by atoms with E-state index in [0.29, 0.717) is 17.3 Å². The zero-order chi connectivity index (χ0) is 18.0. The molecule has 0 aromatic heterocycles. The van der Waals surface area contributed by atoms with Gasteiger partial charge in [-0.15, -0.1) is 0 Å². The molecule has 7 heteroatoms. The molecule has 4 nitrogen and oxygen atoms in total. The fourth-order valence-corrected chi connectivity index (χ4v) is 4.35. The zero-order valence-electron chi connectivity index (χ0n) is 13.3. The van der Waals surface area contributed by atoms with Gasteiger partial charge < -0.3 is 10.5 Å². The maximum absolute atomic E-state index is 11.7. The Kier molecular flexibility index (Phi) is 5.66. The molecule has 1 aliphatic heterocycles. The predicted octanol–water partition coefficient (Wildman–Crippen LogP) is 5.03. The molecule has 1 heterocycles. The van der Waals surface area contributed by atoms with Crippen LogP contribution in [-0.2, 0) is 11.4 Å². The lowest BCUT2D eigenvalue weighted by atomic mass is 10.1. The number of aliphatic imine (C=N–C) groups is 1. The Labute approximate surface area is 166 Å². The molecule has 25 heavy (non-hydrogen) atoms. The van der Waals surface area contributed by atoms with Gasteiger partial charge in [-0.1, -0.05) is 29.8 Å². The first-order chi connectivity index (χ1) is 11.9. The number of carbonyl (C=O) groups is 1. The predicted molar refractivity (Wildman–Crippen MR) is 110 cm³/mol. The second-order valence-corrected chi connectivity index (χ2v) is 8.22. The van der Waals surface area contributed by atoms with E-state index >= 15 is 0 Å². The van der Waals surface area contributed by atoms with Crippen LogP contribution in [0.25, 0.3) is 6.08 Å². The molecular formula is C18H14Br2N2O2S. The summed E-state index contributed by atoms with van der Waals surface area (Å²) in [5.74, 6) is 0.401. The Morgan fingerprint density at radius 3 is 2.40 bits per heavy atom. The van der Waals surface area contributed by atoms with Crippen molar-refractivity contribution >= 4 is 60.8 Å². The van der Waals surface area contributed by atoms with Crippen molar-refractivity contribution in [1.82, 2.24) is 0 Å². The van der Waals surface area contributed by atoms with Crippen LogP contribution in [0.3, 0.4) is 0 Å². The number of hydrogen-bond acceptors (Lipinski definition) is 4. The van der Waals surface area contributed by atoms with Gasteiger partial charge in [-0.3, -0.25) is 4.79 Å². The first-order valence-corrected chi connectivity index (χ1v) is 9.78. The number of carbonyl (C=O) groups excluding carboxylic acids is 1. The molecule has 0 saturated heterocycles. The van der Waals surface area contributed by atoms with Crippen LogP contribution in [0.2, 0.25) is 0 Å². The molecule has 0 fully saturated rings. The van der Waals surface area contributed by atoms with Crippen molar-refractivity contribution in [2.24, 2.45) is 10.7 Å². The highest BCUT2D eigenvalue weighted by Crippen LogP contribution is 2.37. The van der Waals surface area contributed by atoms with Gasteiger partial charge in [-0.25, -0.2) is 0 Å². The number of amides is 1. The molecule has 3 rings (SSSR count).